The molecule has 1 aliphatic rings. The lowest BCUT2D eigenvalue weighted by molar-refractivity contribution is -0.144. The second-order valence-corrected chi connectivity index (χ2v) is 4.61. The highest BCUT2D eigenvalue weighted by Crippen LogP contribution is 2.22. The van der Waals surface area contributed by atoms with Crippen LogP contribution >= 0.6 is 0 Å². The highest BCUT2D eigenvalue weighted by atomic mass is 19.1. The minimum atomic E-state index is -1.49. The molecule has 1 fully saturated rings. The van der Waals surface area contributed by atoms with Gasteiger partial charge in [0.05, 0.1) is 19.4 Å². The Kier molecular flexibility index (Phi) is 4.27. The summed E-state index contributed by atoms with van der Waals surface area (Å²) in [4.78, 5) is 23.1. The van der Waals surface area contributed by atoms with E-state index in [0.717, 1.165) is 6.07 Å². The Morgan fingerprint density at radius 3 is 2.81 bits per heavy atom. The molecule has 0 aliphatic carbocycles. The van der Waals surface area contributed by atoms with Gasteiger partial charge < -0.3 is 25.2 Å². The van der Waals surface area contributed by atoms with E-state index >= 15 is 0 Å². The van der Waals surface area contributed by atoms with Crippen LogP contribution < -0.4 is 15.4 Å². The number of halogens is 1. The van der Waals surface area contributed by atoms with E-state index in [1.807, 2.05) is 0 Å². The number of rotatable bonds is 4. The zero-order valence-corrected chi connectivity index (χ0v) is 11.3. The average Bonchev–Trinajstić information content (AvgIpc) is 2.91. The quantitative estimate of drug-likeness (QED) is 0.776. The number of anilines is 1. The Hall–Kier alpha value is -2.35. The van der Waals surface area contributed by atoms with Crippen LogP contribution in [0.15, 0.2) is 18.2 Å². The normalized spacial score (nSPS) is 20.9. The maximum Gasteiger partial charge on any atom is 0.332 e. The van der Waals surface area contributed by atoms with Crippen molar-refractivity contribution in [1.82, 2.24) is 5.32 Å². The molecular formula is C13H15FN2O5. The van der Waals surface area contributed by atoms with E-state index in [1.54, 1.807) is 0 Å². The number of benzene rings is 1. The smallest absolute Gasteiger partial charge is 0.332 e. The van der Waals surface area contributed by atoms with Gasteiger partial charge >= 0.3 is 12.0 Å². The number of carboxylic acid groups (broad SMARTS) is 1. The topological polar surface area (TPSA) is 96.9 Å². The van der Waals surface area contributed by atoms with Crippen LogP contribution in [0.4, 0.5) is 14.9 Å². The summed E-state index contributed by atoms with van der Waals surface area (Å²) in [6.45, 7) is 0.108. The van der Waals surface area contributed by atoms with Gasteiger partial charge in [-0.15, -0.1) is 0 Å². The standard InChI is InChI=1S/C13H15FN2O5/c1-20-8-2-3-9(14)10(6-8)15-12(19)16-13(11(17)18)4-5-21-7-13/h2-3,6H,4-5,7H2,1H3,(H,17,18)(H2,15,16,19). The second-order valence-electron chi connectivity index (χ2n) is 4.61. The van der Waals surface area contributed by atoms with Crippen LogP contribution in [0.2, 0.25) is 0 Å². The number of hydrogen-bond donors (Lipinski definition) is 3. The molecule has 0 saturated carbocycles. The molecular weight excluding hydrogens is 283 g/mol. The first-order chi connectivity index (χ1) is 9.97. The van der Waals surface area contributed by atoms with E-state index in [1.165, 1.54) is 19.2 Å². The highest BCUT2D eigenvalue weighted by molar-refractivity contribution is 5.94. The molecule has 114 valence electrons. The summed E-state index contributed by atoms with van der Waals surface area (Å²) in [5.74, 6) is -1.48. The van der Waals surface area contributed by atoms with Gasteiger partial charge in [0, 0.05) is 19.1 Å². The van der Waals surface area contributed by atoms with Crippen LogP contribution in [0.25, 0.3) is 0 Å². The molecule has 0 spiro atoms. The lowest BCUT2D eigenvalue weighted by Crippen LogP contribution is -2.56. The van der Waals surface area contributed by atoms with Gasteiger partial charge in [0.1, 0.15) is 11.6 Å². The second kappa shape index (κ2) is 5.96. The maximum atomic E-state index is 13.6. The van der Waals surface area contributed by atoms with E-state index < -0.39 is 23.4 Å². The van der Waals surface area contributed by atoms with E-state index in [-0.39, 0.29) is 25.3 Å². The summed E-state index contributed by atoms with van der Waals surface area (Å²) in [6.07, 6.45) is 0.149. The summed E-state index contributed by atoms with van der Waals surface area (Å²) in [6, 6.07) is 3.02. The Balaban J connectivity index is 2.09. The molecule has 0 aromatic heterocycles. The largest absolute Gasteiger partial charge is 0.497 e. The van der Waals surface area contributed by atoms with Crippen molar-refractivity contribution in [2.24, 2.45) is 0 Å². The first-order valence-corrected chi connectivity index (χ1v) is 6.21. The first-order valence-electron chi connectivity index (χ1n) is 6.21. The monoisotopic (exact) mass is 298 g/mol. The van der Waals surface area contributed by atoms with Gasteiger partial charge in [-0.3, -0.25) is 0 Å². The predicted molar refractivity (Wildman–Crippen MR) is 70.9 cm³/mol. The molecule has 1 aromatic rings. The summed E-state index contributed by atoms with van der Waals surface area (Å²) in [5.41, 5.74) is -1.59. The van der Waals surface area contributed by atoms with Crippen molar-refractivity contribution in [3.8, 4) is 5.75 Å². The minimum Gasteiger partial charge on any atom is -0.497 e. The van der Waals surface area contributed by atoms with Gasteiger partial charge in [0.15, 0.2) is 5.54 Å². The molecule has 1 unspecified atom stereocenters. The molecule has 2 amide bonds. The molecule has 1 aliphatic heterocycles. The molecule has 1 heterocycles. The first kappa shape index (κ1) is 15.0. The molecule has 8 heteroatoms. The third-order valence-corrected chi connectivity index (χ3v) is 3.21. The van der Waals surface area contributed by atoms with Crippen molar-refractivity contribution in [2.45, 2.75) is 12.0 Å². The molecule has 0 bridgehead atoms. The molecule has 1 saturated heterocycles. The van der Waals surface area contributed by atoms with Crippen LogP contribution in [0.1, 0.15) is 6.42 Å². The van der Waals surface area contributed by atoms with Crippen molar-refractivity contribution >= 4 is 17.7 Å². The number of amides is 2. The Morgan fingerprint density at radius 1 is 1.48 bits per heavy atom. The average molecular weight is 298 g/mol. The van der Waals surface area contributed by atoms with Crippen molar-refractivity contribution in [1.29, 1.82) is 0 Å². The zero-order valence-electron chi connectivity index (χ0n) is 11.3. The molecule has 3 N–H and O–H groups in total. The fraction of sp³-hybridized carbons (Fsp3) is 0.385. The Bertz CT molecular complexity index is 557. The van der Waals surface area contributed by atoms with Gasteiger partial charge in [0.25, 0.3) is 0 Å². The third-order valence-electron chi connectivity index (χ3n) is 3.21. The summed E-state index contributed by atoms with van der Waals surface area (Å²) in [7, 11) is 1.41. The van der Waals surface area contributed by atoms with Gasteiger partial charge in [-0.1, -0.05) is 0 Å². The highest BCUT2D eigenvalue weighted by Gasteiger charge is 2.44. The number of methoxy groups -OCH3 is 1. The molecule has 1 atom stereocenters. The number of urea groups is 1. The number of carboxylic acids is 1. The molecule has 1 aromatic carbocycles. The van der Waals surface area contributed by atoms with Crippen molar-refractivity contribution in [3.05, 3.63) is 24.0 Å². The number of ether oxygens (including phenoxy) is 2. The lowest BCUT2D eigenvalue weighted by atomic mass is 9.99. The van der Waals surface area contributed by atoms with E-state index in [9.17, 15) is 19.1 Å². The Morgan fingerprint density at radius 2 is 2.24 bits per heavy atom. The number of aliphatic carboxylic acids is 1. The number of nitrogens with one attached hydrogen (secondary N) is 2. The molecule has 2 rings (SSSR count). The van der Waals surface area contributed by atoms with Crippen LogP contribution in [0, 0.1) is 5.82 Å². The summed E-state index contributed by atoms with van der Waals surface area (Å²) >= 11 is 0. The van der Waals surface area contributed by atoms with Gasteiger partial charge in [-0.25, -0.2) is 14.0 Å². The van der Waals surface area contributed by atoms with E-state index in [4.69, 9.17) is 9.47 Å². The fourth-order valence-corrected chi connectivity index (χ4v) is 1.98. The minimum absolute atomic E-state index is 0.105. The van der Waals surface area contributed by atoms with E-state index in [2.05, 4.69) is 10.6 Å². The van der Waals surface area contributed by atoms with Gasteiger partial charge in [-0.05, 0) is 12.1 Å². The SMILES string of the molecule is COc1ccc(F)c(NC(=O)NC2(C(=O)O)CCOC2)c1. The molecule has 21 heavy (non-hydrogen) atoms. The number of carbonyl (C=O) groups is 2. The van der Waals surface area contributed by atoms with Crippen LogP contribution in [0.3, 0.4) is 0 Å². The van der Waals surface area contributed by atoms with Crippen molar-refractivity contribution < 1.29 is 28.6 Å². The summed E-state index contributed by atoms with van der Waals surface area (Å²) < 4.78 is 23.5. The lowest BCUT2D eigenvalue weighted by Gasteiger charge is -2.23. The third kappa shape index (κ3) is 3.22. The molecule has 7 nitrogen and oxygen atoms in total. The summed E-state index contributed by atoms with van der Waals surface area (Å²) in [5, 5.41) is 13.8. The van der Waals surface area contributed by atoms with E-state index in [0.29, 0.717) is 5.75 Å². The number of carbonyl (C=O) groups excluding carboxylic acids is 1. The fourth-order valence-electron chi connectivity index (χ4n) is 1.98. The van der Waals surface area contributed by atoms with Crippen LogP contribution in [-0.4, -0.2) is 43.0 Å². The van der Waals surface area contributed by atoms with Crippen LogP contribution in [-0.2, 0) is 9.53 Å². The van der Waals surface area contributed by atoms with Gasteiger partial charge in [0.2, 0.25) is 0 Å². The Labute approximate surface area is 120 Å². The predicted octanol–water partition coefficient (Wildman–Crippen LogP) is 1.20. The molecule has 0 radical (unpaired) electrons. The van der Waals surface area contributed by atoms with Crippen molar-refractivity contribution in [2.75, 3.05) is 25.6 Å². The van der Waals surface area contributed by atoms with Crippen molar-refractivity contribution in [3.63, 3.8) is 0 Å². The number of hydrogen-bond acceptors (Lipinski definition) is 4. The maximum absolute atomic E-state index is 13.6. The van der Waals surface area contributed by atoms with Gasteiger partial charge in [-0.2, -0.15) is 0 Å². The van der Waals surface area contributed by atoms with Crippen LogP contribution in [0.5, 0.6) is 5.75 Å². The zero-order chi connectivity index (χ0) is 15.5.